The Labute approximate surface area is 189 Å². The first-order valence-electron chi connectivity index (χ1n) is 11.1. The third-order valence-electron chi connectivity index (χ3n) is 5.33. The van der Waals surface area contributed by atoms with Crippen molar-refractivity contribution < 1.29 is 9.53 Å². The average molecular weight is 436 g/mol. The monoisotopic (exact) mass is 435 g/mol. The zero-order valence-electron chi connectivity index (χ0n) is 19.8. The Hall–Kier alpha value is -3.35. The second kappa shape index (κ2) is 9.85. The van der Waals surface area contributed by atoms with Crippen LogP contribution in [0.4, 0.5) is 5.69 Å². The second-order valence-electron chi connectivity index (χ2n) is 8.14. The summed E-state index contributed by atoms with van der Waals surface area (Å²) in [6.07, 6.45) is 4.05. The van der Waals surface area contributed by atoms with Gasteiger partial charge in [-0.3, -0.25) is 4.79 Å². The normalized spacial score (nSPS) is 11.9. The van der Waals surface area contributed by atoms with E-state index in [4.69, 9.17) is 15.5 Å². The van der Waals surface area contributed by atoms with Crippen LogP contribution in [0, 0.1) is 6.92 Å². The summed E-state index contributed by atoms with van der Waals surface area (Å²) < 4.78 is 8.06. The number of pyridine rings is 2. The molecule has 0 aliphatic heterocycles. The number of hydrogen-bond acceptors (Lipinski definition) is 6. The average Bonchev–Trinajstić information content (AvgIpc) is 3.04. The molecule has 0 unspecified atom stereocenters. The Morgan fingerprint density at radius 3 is 2.72 bits per heavy atom. The van der Waals surface area contributed by atoms with Crippen molar-refractivity contribution in [2.24, 2.45) is 5.73 Å². The third-order valence-corrected chi connectivity index (χ3v) is 5.33. The predicted octanol–water partition coefficient (Wildman–Crippen LogP) is 4.79. The number of anilines is 1. The van der Waals surface area contributed by atoms with Crippen LogP contribution in [0.1, 0.15) is 51.9 Å². The highest BCUT2D eigenvalue weighted by molar-refractivity contribution is 5.98. The lowest BCUT2D eigenvalue weighted by Gasteiger charge is -2.17. The van der Waals surface area contributed by atoms with E-state index in [1.807, 2.05) is 25.1 Å². The van der Waals surface area contributed by atoms with Crippen LogP contribution in [0.5, 0.6) is 5.88 Å². The van der Waals surface area contributed by atoms with Gasteiger partial charge in [-0.1, -0.05) is 6.92 Å². The van der Waals surface area contributed by atoms with E-state index >= 15 is 0 Å². The molecule has 0 aliphatic carbocycles. The van der Waals surface area contributed by atoms with Gasteiger partial charge >= 0.3 is 0 Å². The van der Waals surface area contributed by atoms with E-state index in [-0.39, 0.29) is 18.4 Å². The summed E-state index contributed by atoms with van der Waals surface area (Å²) >= 11 is 0. The quantitative estimate of drug-likeness (QED) is 0.469. The summed E-state index contributed by atoms with van der Waals surface area (Å²) in [7, 11) is 0. The van der Waals surface area contributed by atoms with E-state index in [9.17, 15) is 4.79 Å². The molecule has 3 N–H and O–H groups in total. The van der Waals surface area contributed by atoms with E-state index in [1.54, 1.807) is 13.1 Å². The number of carbonyl (C=O) groups is 1. The van der Waals surface area contributed by atoms with Gasteiger partial charge in [0.1, 0.15) is 0 Å². The van der Waals surface area contributed by atoms with Crippen molar-refractivity contribution in [3.8, 4) is 17.1 Å². The molecule has 0 amide bonds. The fourth-order valence-electron chi connectivity index (χ4n) is 4.10. The fourth-order valence-corrected chi connectivity index (χ4v) is 4.10. The molecule has 0 saturated heterocycles. The number of fused-ring (bicyclic) bond motifs is 1. The molecule has 7 nitrogen and oxygen atoms in total. The minimum Gasteiger partial charge on any atom is -0.477 e. The maximum absolute atomic E-state index is 12.3. The van der Waals surface area contributed by atoms with Crippen LogP contribution < -0.4 is 15.8 Å². The van der Waals surface area contributed by atoms with Crippen LogP contribution in [-0.2, 0) is 11.2 Å². The lowest BCUT2D eigenvalue weighted by molar-refractivity contribution is -0.113. The zero-order chi connectivity index (χ0) is 23.4. The van der Waals surface area contributed by atoms with Gasteiger partial charge in [0.05, 0.1) is 41.1 Å². The Balaban J connectivity index is 2.25. The highest BCUT2D eigenvalue weighted by Gasteiger charge is 2.22. The molecule has 0 fully saturated rings. The summed E-state index contributed by atoms with van der Waals surface area (Å²) in [4.78, 5) is 21.8. The van der Waals surface area contributed by atoms with Gasteiger partial charge in [-0.25, -0.2) is 9.97 Å². The standard InChI is InChI=1S/C25H33N5O2/c1-7-22-17(6)23-24(30(22)15(3)4)21(28-14-18(31)12-16(5)26)13-20(29-23)19-10-9-11-27-25(19)32-8-2/h9-13,15H,7-8,14,26H2,1-6H3,(H,28,29). The largest absolute Gasteiger partial charge is 0.477 e. The Bertz CT molecular complexity index is 1160. The van der Waals surface area contributed by atoms with Gasteiger partial charge in [0.25, 0.3) is 0 Å². The summed E-state index contributed by atoms with van der Waals surface area (Å²) in [5.41, 5.74) is 12.9. The highest BCUT2D eigenvalue weighted by Crippen LogP contribution is 2.37. The van der Waals surface area contributed by atoms with Crippen LogP contribution in [0.3, 0.4) is 0 Å². The number of nitrogens with one attached hydrogen (secondary N) is 1. The summed E-state index contributed by atoms with van der Waals surface area (Å²) in [5.74, 6) is 0.463. The topological polar surface area (TPSA) is 95.1 Å². The van der Waals surface area contributed by atoms with Crippen LogP contribution in [-0.4, -0.2) is 33.5 Å². The minimum absolute atomic E-state index is 0.0806. The predicted molar refractivity (Wildman–Crippen MR) is 130 cm³/mol. The van der Waals surface area contributed by atoms with Gasteiger partial charge in [-0.2, -0.15) is 0 Å². The van der Waals surface area contributed by atoms with Crippen LogP contribution >= 0.6 is 0 Å². The number of ketones is 1. The van der Waals surface area contributed by atoms with Crippen LogP contribution in [0.2, 0.25) is 0 Å². The maximum Gasteiger partial charge on any atom is 0.222 e. The third kappa shape index (κ3) is 4.61. The number of nitrogens with zero attached hydrogens (tertiary/aromatic N) is 3. The number of hydrogen-bond donors (Lipinski definition) is 2. The van der Waals surface area contributed by atoms with Crippen molar-refractivity contribution in [1.82, 2.24) is 14.5 Å². The van der Waals surface area contributed by atoms with E-state index in [0.29, 0.717) is 18.2 Å². The summed E-state index contributed by atoms with van der Waals surface area (Å²) in [6, 6.07) is 6.05. The van der Waals surface area contributed by atoms with Gasteiger partial charge in [-0.05, 0) is 64.8 Å². The molecule has 7 heteroatoms. The first-order valence-corrected chi connectivity index (χ1v) is 11.1. The maximum atomic E-state index is 12.3. The first-order chi connectivity index (χ1) is 15.3. The minimum atomic E-state index is -0.0806. The smallest absolute Gasteiger partial charge is 0.222 e. The highest BCUT2D eigenvalue weighted by atomic mass is 16.5. The Kier molecular flexibility index (Phi) is 7.18. The molecule has 170 valence electrons. The van der Waals surface area contributed by atoms with Crippen molar-refractivity contribution in [3.63, 3.8) is 0 Å². The van der Waals surface area contributed by atoms with Crippen molar-refractivity contribution in [2.45, 2.75) is 54.0 Å². The number of ether oxygens (including phenoxy) is 1. The molecule has 0 spiro atoms. The van der Waals surface area contributed by atoms with Gasteiger partial charge in [0.2, 0.25) is 5.88 Å². The molecule has 32 heavy (non-hydrogen) atoms. The number of nitrogens with two attached hydrogens (primary N) is 1. The molecule has 0 atom stereocenters. The van der Waals surface area contributed by atoms with E-state index in [1.165, 1.54) is 11.8 Å². The number of carbonyl (C=O) groups excluding carboxylic acids is 1. The first kappa shape index (κ1) is 23.3. The SMILES string of the molecule is CCOc1ncccc1-c1cc(NCC(=O)C=C(C)N)c2c(n1)c(C)c(CC)n2C(C)C. The zero-order valence-corrected chi connectivity index (χ0v) is 19.8. The lowest BCUT2D eigenvalue weighted by Crippen LogP contribution is -2.14. The fraction of sp³-hybridized carbons (Fsp3) is 0.400. The molecule has 0 saturated carbocycles. The molecule has 3 rings (SSSR count). The van der Waals surface area contributed by atoms with Crippen molar-refractivity contribution in [1.29, 1.82) is 0 Å². The van der Waals surface area contributed by atoms with Gasteiger partial charge in [0.15, 0.2) is 5.78 Å². The lowest BCUT2D eigenvalue weighted by atomic mass is 10.1. The number of aromatic nitrogens is 3. The molecular formula is C25H33N5O2. The Morgan fingerprint density at radius 1 is 1.34 bits per heavy atom. The van der Waals surface area contributed by atoms with Crippen LogP contribution in [0.15, 0.2) is 36.2 Å². The van der Waals surface area contributed by atoms with Crippen molar-refractivity contribution in [2.75, 3.05) is 18.5 Å². The van der Waals surface area contributed by atoms with E-state index < -0.39 is 0 Å². The van der Waals surface area contributed by atoms with Gasteiger partial charge in [-0.15, -0.1) is 0 Å². The van der Waals surface area contributed by atoms with Crippen molar-refractivity contribution in [3.05, 3.63) is 47.4 Å². The molecule has 0 radical (unpaired) electrons. The van der Waals surface area contributed by atoms with Gasteiger partial charge in [0, 0.05) is 29.7 Å². The number of rotatable bonds is 9. The summed E-state index contributed by atoms with van der Waals surface area (Å²) in [6.45, 7) is 12.9. The number of aryl methyl sites for hydroxylation is 1. The van der Waals surface area contributed by atoms with Crippen molar-refractivity contribution >= 4 is 22.5 Å². The van der Waals surface area contributed by atoms with E-state index in [0.717, 1.165) is 40.0 Å². The molecule has 3 aromatic heterocycles. The molecule has 0 aliphatic rings. The molecule has 0 bridgehead atoms. The van der Waals surface area contributed by atoms with Crippen LogP contribution in [0.25, 0.3) is 22.3 Å². The molecule has 3 heterocycles. The molecular weight excluding hydrogens is 402 g/mol. The number of allylic oxidation sites excluding steroid dienone is 1. The summed E-state index contributed by atoms with van der Waals surface area (Å²) in [5, 5.41) is 3.34. The second-order valence-corrected chi connectivity index (χ2v) is 8.14. The Morgan fingerprint density at radius 2 is 2.09 bits per heavy atom. The van der Waals surface area contributed by atoms with E-state index in [2.05, 4.69) is 42.6 Å². The molecule has 0 aromatic carbocycles. The van der Waals surface area contributed by atoms with Gasteiger partial charge < -0.3 is 20.4 Å². The molecule has 3 aromatic rings.